The van der Waals surface area contributed by atoms with E-state index in [0.717, 1.165) is 11.8 Å². The number of aromatic nitrogens is 2. The van der Waals surface area contributed by atoms with E-state index >= 15 is 0 Å². The fraction of sp³-hybridized carbons (Fsp3) is 0.0870. The summed E-state index contributed by atoms with van der Waals surface area (Å²) in [5.74, 6) is -1.01. The van der Waals surface area contributed by atoms with Crippen molar-refractivity contribution in [2.75, 3.05) is 5.75 Å². The number of benzene rings is 3. The third kappa shape index (κ3) is 5.16. The molecular weight excluding hydrogens is 479 g/mol. The third-order valence-corrected chi connectivity index (χ3v) is 6.78. The van der Waals surface area contributed by atoms with Crippen molar-refractivity contribution in [3.05, 3.63) is 94.5 Å². The molecule has 0 saturated carbocycles. The second-order valence-corrected chi connectivity index (χ2v) is 9.76. The number of carbonyl (C=O) groups is 1. The first-order valence-electron chi connectivity index (χ1n) is 10.0. The minimum Gasteiger partial charge on any atom is -0.351 e. The second-order valence-electron chi connectivity index (χ2n) is 7.26. The molecule has 4 aromatic rings. The van der Waals surface area contributed by atoms with Gasteiger partial charge in [0, 0.05) is 6.54 Å². The van der Waals surface area contributed by atoms with Gasteiger partial charge >= 0.3 is 0 Å². The van der Waals surface area contributed by atoms with E-state index < -0.39 is 21.4 Å². The van der Waals surface area contributed by atoms with Crippen LogP contribution in [0.3, 0.4) is 0 Å². The summed E-state index contributed by atoms with van der Waals surface area (Å²) in [5, 5.41) is 8.32. The Balaban J connectivity index is 1.54. The predicted octanol–water partition coefficient (Wildman–Crippen LogP) is 2.58. The quantitative estimate of drug-likeness (QED) is 0.298. The number of nitrogens with one attached hydrogen (secondary N) is 1. The molecule has 0 fully saturated rings. The van der Waals surface area contributed by atoms with Crippen molar-refractivity contribution in [3.63, 3.8) is 0 Å². The minimum absolute atomic E-state index is 0.0216. The Morgan fingerprint density at radius 1 is 1.03 bits per heavy atom. The van der Waals surface area contributed by atoms with Crippen LogP contribution in [0.15, 0.2) is 87.6 Å². The molecule has 4 rings (SSSR count). The lowest BCUT2D eigenvalue weighted by Gasteiger charge is -2.14. The van der Waals surface area contributed by atoms with Gasteiger partial charge in [-0.25, -0.2) is 22.9 Å². The average Bonchev–Trinajstić information content (AvgIpc) is 2.82. The molecule has 0 aliphatic carbocycles. The van der Waals surface area contributed by atoms with Crippen molar-refractivity contribution < 1.29 is 17.6 Å². The predicted molar refractivity (Wildman–Crippen MR) is 128 cm³/mol. The summed E-state index contributed by atoms with van der Waals surface area (Å²) >= 11 is 1.01. The molecule has 0 spiro atoms. The maximum Gasteiger partial charge on any atom is 0.266 e. The first-order valence-corrected chi connectivity index (χ1v) is 12.5. The summed E-state index contributed by atoms with van der Waals surface area (Å²) < 4.78 is 38.4. The number of fused-ring (bicyclic) bond motifs is 1. The van der Waals surface area contributed by atoms with E-state index in [2.05, 4.69) is 10.3 Å². The summed E-state index contributed by atoms with van der Waals surface area (Å²) in [7, 11) is -3.79. The van der Waals surface area contributed by atoms with Crippen LogP contribution in [0.4, 0.5) is 4.39 Å². The number of hydrogen-bond donors (Lipinski definition) is 2. The van der Waals surface area contributed by atoms with Crippen LogP contribution in [-0.2, 0) is 21.4 Å². The van der Waals surface area contributed by atoms with E-state index in [1.807, 2.05) is 0 Å². The largest absolute Gasteiger partial charge is 0.351 e. The topological polar surface area (TPSA) is 124 Å². The molecular formula is C23H19FN4O4S2. The Kier molecular flexibility index (Phi) is 6.77. The van der Waals surface area contributed by atoms with Gasteiger partial charge in [0.2, 0.25) is 15.9 Å². The smallest absolute Gasteiger partial charge is 0.266 e. The molecule has 0 saturated heterocycles. The molecule has 34 heavy (non-hydrogen) atoms. The standard InChI is InChI=1S/C23H19FN4O4S2/c24-18-6-2-4-8-20(18)28-22(30)17-5-1-3-7-19(17)27-23(28)33-14-21(29)26-13-15-9-11-16(12-10-15)34(25,31)32/h1-12H,13-14H2,(H,26,29)(H2,25,31,32). The lowest BCUT2D eigenvalue weighted by atomic mass is 10.2. The second kappa shape index (κ2) is 9.75. The van der Waals surface area contributed by atoms with Crippen LogP contribution in [0.1, 0.15) is 5.56 Å². The molecule has 0 aliphatic heterocycles. The first kappa shape index (κ1) is 23.6. The van der Waals surface area contributed by atoms with Gasteiger partial charge in [-0.3, -0.25) is 14.2 Å². The molecule has 8 nitrogen and oxygen atoms in total. The highest BCUT2D eigenvalue weighted by Crippen LogP contribution is 2.22. The van der Waals surface area contributed by atoms with Crippen molar-refractivity contribution in [2.45, 2.75) is 16.6 Å². The van der Waals surface area contributed by atoms with Crippen LogP contribution in [0.2, 0.25) is 0 Å². The highest BCUT2D eigenvalue weighted by atomic mass is 32.2. The van der Waals surface area contributed by atoms with Crippen LogP contribution >= 0.6 is 11.8 Å². The number of nitrogens with two attached hydrogens (primary N) is 1. The molecule has 0 unspecified atom stereocenters. The summed E-state index contributed by atoms with van der Waals surface area (Å²) in [6, 6.07) is 18.4. The number of primary sulfonamides is 1. The number of nitrogens with zero attached hydrogens (tertiary/aromatic N) is 2. The number of amides is 1. The van der Waals surface area contributed by atoms with Gasteiger partial charge in [0.1, 0.15) is 5.82 Å². The zero-order valence-electron chi connectivity index (χ0n) is 17.6. The van der Waals surface area contributed by atoms with Crippen molar-refractivity contribution in [1.82, 2.24) is 14.9 Å². The van der Waals surface area contributed by atoms with Crippen LogP contribution in [0, 0.1) is 5.82 Å². The molecule has 0 aliphatic rings. The van der Waals surface area contributed by atoms with Crippen LogP contribution in [0.25, 0.3) is 16.6 Å². The highest BCUT2D eigenvalue weighted by Gasteiger charge is 2.17. The molecule has 174 valence electrons. The van der Waals surface area contributed by atoms with E-state index in [1.54, 1.807) is 42.5 Å². The third-order valence-electron chi connectivity index (χ3n) is 4.91. The van der Waals surface area contributed by atoms with Gasteiger partial charge in [0.05, 0.1) is 27.2 Å². The maximum atomic E-state index is 14.5. The lowest BCUT2D eigenvalue weighted by Crippen LogP contribution is -2.26. The number of halogens is 1. The number of carbonyl (C=O) groups excluding carboxylic acids is 1. The van der Waals surface area contributed by atoms with Gasteiger partial charge in [-0.1, -0.05) is 48.2 Å². The Bertz CT molecular complexity index is 1540. The summed E-state index contributed by atoms with van der Waals surface area (Å²) in [6.45, 7) is 0.162. The molecule has 0 radical (unpaired) electrons. The van der Waals surface area contributed by atoms with Gasteiger partial charge in [0.25, 0.3) is 5.56 Å². The average molecular weight is 499 g/mol. The maximum absolute atomic E-state index is 14.5. The molecule has 1 amide bonds. The Morgan fingerprint density at radius 2 is 1.71 bits per heavy atom. The Hall–Kier alpha value is -3.54. The van der Waals surface area contributed by atoms with Crippen LogP contribution in [0.5, 0.6) is 0 Å². The monoisotopic (exact) mass is 498 g/mol. The summed E-state index contributed by atoms with van der Waals surface area (Å²) in [4.78, 5) is 30.1. The van der Waals surface area contributed by atoms with Crippen molar-refractivity contribution >= 4 is 38.6 Å². The molecule has 1 aromatic heterocycles. The minimum atomic E-state index is -3.79. The Morgan fingerprint density at radius 3 is 2.41 bits per heavy atom. The zero-order valence-corrected chi connectivity index (χ0v) is 19.3. The molecule has 1 heterocycles. The van der Waals surface area contributed by atoms with E-state index in [-0.39, 0.29) is 33.9 Å². The van der Waals surface area contributed by atoms with Gasteiger partial charge in [-0.05, 0) is 42.0 Å². The van der Waals surface area contributed by atoms with E-state index in [4.69, 9.17) is 5.14 Å². The molecule has 3 N–H and O–H groups in total. The van der Waals surface area contributed by atoms with Crippen LogP contribution < -0.4 is 16.0 Å². The molecule has 11 heteroatoms. The van der Waals surface area contributed by atoms with Gasteiger partial charge in [-0.15, -0.1) is 0 Å². The lowest BCUT2D eigenvalue weighted by molar-refractivity contribution is -0.118. The van der Waals surface area contributed by atoms with Gasteiger partial charge in [0.15, 0.2) is 5.16 Å². The first-order chi connectivity index (χ1) is 16.2. The van der Waals surface area contributed by atoms with E-state index in [9.17, 15) is 22.4 Å². The zero-order chi connectivity index (χ0) is 24.3. The molecule has 3 aromatic carbocycles. The SMILES string of the molecule is NS(=O)(=O)c1ccc(CNC(=O)CSc2nc3ccccc3c(=O)n2-c2ccccc2F)cc1. The van der Waals surface area contributed by atoms with Crippen molar-refractivity contribution in [3.8, 4) is 5.69 Å². The summed E-state index contributed by atoms with van der Waals surface area (Å²) in [6.07, 6.45) is 0. The van der Waals surface area contributed by atoms with Crippen LogP contribution in [-0.4, -0.2) is 29.6 Å². The molecule has 0 bridgehead atoms. The van der Waals surface area contributed by atoms with Crippen molar-refractivity contribution in [2.24, 2.45) is 5.14 Å². The fourth-order valence-corrected chi connectivity index (χ4v) is 4.58. The number of sulfonamides is 1. The summed E-state index contributed by atoms with van der Waals surface area (Å²) in [5.41, 5.74) is 0.730. The van der Waals surface area contributed by atoms with Gasteiger partial charge in [-0.2, -0.15) is 0 Å². The molecule has 0 atom stereocenters. The van der Waals surface area contributed by atoms with E-state index in [0.29, 0.717) is 16.5 Å². The fourth-order valence-electron chi connectivity index (χ4n) is 3.23. The number of hydrogen-bond acceptors (Lipinski definition) is 6. The highest BCUT2D eigenvalue weighted by molar-refractivity contribution is 7.99. The number of thioether (sulfide) groups is 1. The van der Waals surface area contributed by atoms with Crippen molar-refractivity contribution in [1.29, 1.82) is 0 Å². The normalized spacial score (nSPS) is 11.5. The van der Waals surface area contributed by atoms with Gasteiger partial charge < -0.3 is 5.32 Å². The van der Waals surface area contributed by atoms with E-state index in [1.165, 1.54) is 34.9 Å². The Labute approximate surface area is 198 Å². The number of rotatable bonds is 7. The number of para-hydroxylation sites is 2.